The van der Waals surface area contributed by atoms with E-state index in [9.17, 15) is 9.59 Å². The molecule has 22 heavy (non-hydrogen) atoms. The van der Waals surface area contributed by atoms with Crippen molar-refractivity contribution in [3.05, 3.63) is 51.7 Å². The molecule has 2 rings (SSSR count). The topological polar surface area (TPSA) is 64.6 Å². The Balaban J connectivity index is 1.83. The summed E-state index contributed by atoms with van der Waals surface area (Å²) in [6.45, 7) is 1.90. The van der Waals surface area contributed by atoms with Gasteiger partial charge in [-0.3, -0.25) is 9.59 Å². The van der Waals surface area contributed by atoms with Crippen LogP contribution in [0.4, 0.5) is 0 Å². The number of rotatable bonds is 6. The zero-order valence-corrected chi connectivity index (χ0v) is 13.2. The highest BCUT2D eigenvalue weighted by Crippen LogP contribution is 2.20. The number of aryl methyl sites for hydroxylation is 1. The first-order chi connectivity index (χ1) is 10.6. The van der Waals surface area contributed by atoms with E-state index in [1.807, 2.05) is 25.1 Å². The number of ether oxygens (including phenoxy) is 2. The van der Waals surface area contributed by atoms with E-state index in [-0.39, 0.29) is 19.1 Å². The van der Waals surface area contributed by atoms with Crippen molar-refractivity contribution in [2.75, 3.05) is 13.7 Å². The summed E-state index contributed by atoms with van der Waals surface area (Å²) in [5, 5.41) is 4.33. The van der Waals surface area contributed by atoms with Gasteiger partial charge >= 0.3 is 5.97 Å². The summed E-state index contributed by atoms with van der Waals surface area (Å²) in [7, 11) is 1.57. The minimum absolute atomic E-state index is 0.110. The molecule has 5 nitrogen and oxygen atoms in total. The molecule has 0 fully saturated rings. The predicted octanol–water partition coefficient (Wildman–Crippen LogP) is 2.54. The molecule has 1 aromatic carbocycles. The molecule has 1 amide bonds. The summed E-state index contributed by atoms with van der Waals surface area (Å²) in [4.78, 5) is 24.0. The fraction of sp³-hybridized carbons (Fsp3) is 0.250. The summed E-state index contributed by atoms with van der Waals surface area (Å²) in [6.07, 6.45) is 0. The maximum absolute atomic E-state index is 11.7. The summed E-state index contributed by atoms with van der Waals surface area (Å²) < 4.78 is 10.4. The van der Waals surface area contributed by atoms with Gasteiger partial charge in [-0.2, -0.15) is 0 Å². The second kappa shape index (κ2) is 7.61. The highest BCUT2D eigenvalue weighted by molar-refractivity contribution is 7.12. The van der Waals surface area contributed by atoms with Crippen LogP contribution in [-0.2, 0) is 16.1 Å². The molecule has 0 saturated carbocycles. The van der Waals surface area contributed by atoms with Crippen LogP contribution >= 0.6 is 11.3 Å². The van der Waals surface area contributed by atoms with Crippen LogP contribution in [-0.4, -0.2) is 25.5 Å². The van der Waals surface area contributed by atoms with E-state index in [4.69, 9.17) is 9.47 Å². The van der Waals surface area contributed by atoms with Crippen molar-refractivity contribution in [3.8, 4) is 5.75 Å². The van der Waals surface area contributed by atoms with Gasteiger partial charge in [0, 0.05) is 5.56 Å². The Kier molecular flexibility index (Phi) is 5.55. The lowest BCUT2D eigenvalue weighted by Crippen LogP contribution is -2.30. The number of benzene rings is 1. The lowest BCUT2D eigenvalue weighted by atomic mass is 10.1. The van der Waals surface area contributed by atoms with E-state index in [2.05, 4.69) is 5.32 Å². The fourth-order valence-electron chi connectivity index (χ4n) is 1.88. The van der Waals surface area contributed by atoms with Crippen LogP contribution in [0.25, 0.3) is 0 Å². The Morgan fingerprint density at radius 3 is 2.77 bits per heavy atom. The van der Waals surface area contributed by atoms with Gasteiger partial charge in [0.2, 0.25) is 0 Å². The van der Waals surface area contributed by atoms with Crippen molar-refractivity contribution in [1.82, 2.24) is 5.32 Å². The molecule has 0 aliphatic rings. The molecule has 0 bridgehead atoms. The number of methoxy groups -OCH3 is 1. The molecular weight excluding hydrogens is 302 g/mol. The largest absolute Gasteiger partial charge is 0.496 e. The minimum Gasteiger partial charge on any atom is -0.496 e. The first kappa shape index (κ1) is 16.0. The smallest absolute Gasteiger partial charge is 0.325 e. The zero-order chi connectivity index (χ0) is 15.9. The Bertz CT molecular complexity index is 652. The zero-order valence-electron chi connectivity index (χ0n) is 12.4. The SMILES string of the molecule is COc1ccc(C)cc1COC(=O)CNC(=O)c1cccs1. The lowest BCUT2D eigenvalue weighted by Gasteiger charge is -2.10. The predicted molar refractivity (Wildman–Crippen MR) is 84.2 cm³/mol. The van der Waals surface area contributed by atoms with Crippen molar-refractivity contribution < 1.29 is 19.1 Å². The van der Waals surface area contributed by atoms with Crippen LogP contribution in [0.2, 0.25) is 0 Å². The van der Waals surface area contributed by atoms with Crippen molar-refractivity contribution in [1.29, 1.82) is 0 Å². The van der Waals surface area contributed by atoms with Crippen LogP contribution in [0.1, 0.15) is 20.8 Å². The number of esters is 1. The molecule has 0 spiro atoms. The fourth-order valence-corrected chi connectivity index (χ4v) is 2.52. The number of carbonyl (C=O) groups is 2. The maximum atomic E-state index is 11.7. The van der Waals surface area contributed by atoms with Crippen LogP contribution < -0.4 is 10.1 Å². The number of hydrogen-bond acceptors (Lipinski definition) is 5. The monoisotopic (exact) mass is 319 g/mol. The van der Waals surface area contributed by atoms with E-state index < -0.39 is 5.97 Å². The molecule has 0 radical (unpaired) electrons. The average Bonchev–Trinajstić information content (AvgIpc) is 3.05. The third kappa shape index (κ3) is 4.33. The van der Waals surface area contributed by atoms with Crippen LogP contribution in [0, 0.1) is 6.92 Å². The molecule has 2 aromatic rings. The molecule has 0 unspecified atom stereocenters. The molecule has 0 aliphatic heterocycles. The number of hydrogen-bond donors (Lipinski definition) is 1. The summed E-state index contributed by atoms with van der Waals surface area (Å²) in [6, 6.07) is 9.13. The van der Waals surface area contributed by atoms with Gasteiger partial charge in [-0.05, 0) is 30.5 Å². The Morgan fingerprint density at radius 2 is 2.09 bits per heavy atom. The van der Waals surface area contributed by atoms with Gasteiger partial charge in [-0.15, -0.1) is 11.3 Å². The third-order valence-corrected chi connectivity index (χ3v) is 3.83. The van der Waals surface area contributed by atoms with Gasteiger partial charge in [0.05, 0.1) is 12.0 Å². The maximum Gasteiger partial charge on any atom is 0.325 e. The van der Waals surface area contributed by atoms with Crippen LogP contribution in [0.3, 0.4) is 0 Å². The van der Waals surface area contributed by atoms with Crippen molar-refractivity contribution >= 4 is 23.2 Å². The highest BCUT2D eigenvalue weighted by atomic mass is 32.1. The minimum atomic E-state index is -0.492. The van der Waals surface area contributed by atoms with Gasteiger partial charge in [-0.25, -0.2) is 0 Å². The number of amides is 1. The second-order valence-electron chi connectivity index (χ2n) is 4.64. The normalized spacial score (nSPS) is 10.1. The van der Waals surface area contributed by atoms with Gasteiger partial charge in [0.25, 0.3) is 5.91 Å². The van der Waals surface area contributed by atoms with Crippen molar-refractivity contribution in [2.45, 2.75) is 13.5 Å². The highest BCUT2D eigenvalue weighted by Gasteiger charge is 2.11. The molecular formula is C16H17NO4S. The molecule has 1 N–H and O–H groups in total. The Labute approximate surface area is 132 Å². The number of carbonyl (C=O) groups excluding carboxylic acids is 2. The standard InChI is InChI=1S/C16H17NO4S/c1-11-5-6-13(20-2)12(8-11)10-21-15(18)9-17-16(19)14-4-3-7-22-14/h3-8H,9-10H2,1-2H3,(H,17,19). The van der Waals surface area contributed by atoms with Gasteiger partial charge in [-0.1, -0.05) is 17.7 Å². The van der Waals surface area contributed by atoms with Gasteiger partial charge in [0.1, 0.15) is 18.9 Å². The van der Waals surface area contributed by atoms with E-state index in [0.717, 1.165) is 11.1 Å². The van der Waals surface area contributed by atoms with Crippen LogP contribution in [0.15, 0.2) is 35.7 Å². The lowest BCUT2D eigenvalue weighted by molar-refractivity contribution is -0.143. The third-order valence-electron chi connectivity index (χ3n) is 2.96. The summed E-state index contributed by atoms with van der Waals surface area (Å²) in [5.41, 5.74) is 1.85. The first-order valence-corrected chi connectivity index (χ1v) is 7.59. The molecule has 1 aromatic heterocycles. The van der Waals surface area contributed by atoms with Gasteiger partial charge < -0.3 is 14.8 Å². The molecule has 6 heteroatoms. The number of thiophene rings is 1. The van der Waals surface area contributed by atoms with Gasteiger partial charge in [0.15, 0.2) is 0 Å². The number of nitrogens with one attached hydrogen (secondary N) is 1. The second-order valence-corrected chi connectivity index (χ2v) is 5.58. The molecule has 1 heterocycles. The van der Waals surface area contributed by atoms with E-state index in [1.165, 1.54) is 11.3 Å². The van der Waals surface area contributed by atoms with Crippen molar-refractivity contribution in [2.24, 2.45) is 0 Å². The first-order valence-electron chi connectivity index (χ1n) is 6.71. The Morgan fingerprint density at radius 1 is 1.27 bits per heavy atom. The van der Waals surface area contributed by atoms with E-state index >= 15 is 0 Å². The summed E-state index contributed by atoms with van der Waals surface area (Å²) >= 11 is 1.32. The molecule has 0 aliphatic carbocycles. The van der Waals surface area contributed by atoms with E-state index in [0.29, 0.717) is 10.6 Å². The average molecular weight is 319 g/mol. The molecule has 0 atom stereocenters. The van der Waals surface area contributed by atoms with E-state index in [1.54, 1.807) is 24.6 Å². The quantitative estimate of drug-likeness (QED) is 0.831. The summed E-state index contributed by atoms with van der Waals surface area (Å²) in [5.74, 6) is -0.102. The van der Waals surface area contributed by atoms with Crippen LogP contribution in [0.5, 0.6) is 5.75 Å². The Hall–Kier alpha value is -2.34. The van der Waals surface area contributed by atoms with Crippen molar-refractivity contribution in [3.63, 3.8) is 0 Å². The molecule has 116 valence electrons. The molecule has 0 saturated heterocycles.